The average molecular weight is 292 g/mol. The van der Waals surface area contributed by atoms with Crippen molar-refractivity contribution in [2.75, 3.05) is 26.3 Å². The Bertz CT molecular complexity index is 398. The quantitative estimate of drug-likeness (QED) is 0.710. The second-order valence-electron chi connectivity index (χ2n) is 6.15. The number of nitrogens with one attached hydrogen (secondary N) is 1. The highest BCUT2D eigenvalue weighted by Crippen LogP contribution is 2.18. The zero-order valence-electron chi connectivity index (χ0n) is 13.0. The van der Waals surface area contributed by atoms with Crippen LogP contribution in [0.25, 0.3) is 0 Å². The molecule has 0 radical (unpaired) electrons. The Morgan fingerprint density at radius 1 is 1.24 bits per heavy atom. The Morgan fingerprint density at radius 3 is 2.57 bits per heavy atom. The molecular weight excluding hydrogens is 264 g/mol. The molecule has 21 heavy (non-hydrogen) atoms. The molecule has 1 aliphatic rings. The molecule has 0 aliphatic carbocycles. The van der Waals surface area contributed by atoms with Crippen LogP contribution in [0.1, 0.15) is 31.7 Å². The molecule has 1 unspecified atom stereocenters. The van der Waals surface area contributed by atoms with E-state index in [0.29, 0.717) is 6.04 Å². The molecule has 0 aromatic heterocycles. The molecule has 118 valence electrons. The van der Waals surface area contributed by atoms with Crippen molar-refractivity contribution in [1.29, 1.82) is 0 Å². The largest absolute Gasteiger partial charge is 0.394 e. The van der Waals surface area contributed by atoms with E-state index in [0.717, 1.165) is 38.9 Å². The standard InChI is InChI=1S/C17H28N2O2/c1-2-17(13-20,14-21)18-16-9-6-10-19(12-16)11-15-7-4-3-5-8-15/h3-5,7-8,16,18,20-21H,2,6,9-14H2,1H3. The van der Waals surface area contributed by atoms with E-state index in [-0.39, 0.29) is 13.2 Å². The summed E-state index contributed by atoms with van der Waals surface area (Å²) in [5.74, 6) is 0. The van der Waals surface area contributed by atoms with Gasteiger partial charge in [0, 0.05) is 19.1 Å². The van der Waals surface area contributed by atoms with Crippen LogP contribution in [-0.2, 0) is 6.54 Å². The van der Waals surface area contributed by atoms with Gasteiger partial charge in [-0.25, -0.2) is 0 Å². The highest BCUT2D eigenvalue weighted by Gasteiger charge is 2.31. The van der Waals surface area contributed by atoms with Crippen molar-refractivity contribution in [2.24, 2.45) is 0 Å². The Labute approximate surface area is 127 Å². The Kier molecular flexibility index (Phi) is 6.18. The fourth-order valence-corrected chi connectivity index (χ4v) is 3.06. The van der Waals surface area contributed by atoms with Gasteiger partial charge in [-0.05, 0) is 31.4 Å². The van der Waals surface area contributed by atoms with Gasteiger partial charge in [0.2, 0.25) is 0 Å². The van der Waals surface area contributed by atoms with E-state index in [1.165, 1.54) is 5.56 Å². The van der Waals surface area contributed by atoms with E-state index < -0.39 is 5.54 Å². The van der Waals surface area contributed by atoms with Crippen LogP contribution in [0, 0.1) is 0 Å². The number of aliphatic hydroxyl groups is 2. The number of piperidine rings is 1. The third-order valence-corrected chi connectivity index (χ3v) is 4.55. The molecule has 0 amide bonds. The van der Waals surface area contributed by atoms with Gasteiger partial charge in [-0.2, -0.15) is 0 Å². The highest BCUT2D eigenvalue weighted by molar-refractivity contribution is 5.14. The number of benzene rings is 1. The number of nitrogens with zero attached hydrogens (tertiary/aromatic N) is 1. The van der Waals surface area contributed by atoms with E-state index in [4.69, 9.17) is 0 Å². The topological polar surface area (TPSA) is 55.7 Å². The van der Waals surface area contributed by atoms with E-state index in [1.807, 2.05) is 13.0 Å². The summed E-state index contributed by atoms with van der Waals surface area (Å²) in [6.45, 7) is 5.02. The Balaban J connectivity index is 1.91. The molecule has 4 heteroatoms. The zero-order valence-corrected chi connectivity index (χ0v) is 13.0. The lowest BCUT2D eigenvalue weighted by molar-refractivity contribution is 0.0614. The third kappa shape index (κ3) is 4.51. The van der Waals surface area contributed by atoms with Gasteiger partial charge >= 0.3 is 0 Å². The van der Waals surface area contributed by atoms with Crippen molar-refractivity contribution >= 4 is 0 Å². The second kappa shape index (κ2) is 7.90. The fourth-order valence-electron chi connectivity index (χ4n) is 3.06. The first-order chi connectivity index (χ1) is 10.2. The smallest absolute Gasteiger partial charge is 0.0648 e. The van der Waals surface area contributed by atoms with Gasteiger partial charge in [0.15, 0.2) is 0 Å². The van der Waals surface area contributed by atoms with Crippen LogP contribution in [0.2, 0.25) is 0 Å². The van der Waals surface area contributed by atoms with Gasteiger partial charge in [-0.3, -0.25) is 4.90 Å². The molecule has 0 bridgehead atoms. The van der Waals surface area contributed by atoms with Crippen LogP contribution < -0.4 is 5.32 Å². The minimum absolute atomic E-state index is 0.0187. The second-order valence-corrected chi connectivity index (χ2v) is 6.15. The van der Waals surface area contributed by atoms with Crippen LogP contribution in [0.4, 0.5) is 0 Å². The van der Waals surface area contributed by atoms with Gasteiger partial charge in [0.25, 0.3) is 0 Å². The summed E-state index contributed by atoms with van der Waals surface area (Å²) in [7, 11) is 0. The predicted octanol–water partition coefficient (Wildman–Crippen LogP) is 1.37. The number of aliphatic hydroxyl groups excluding tert-OH is 2. The van der Waals surface area contributed by atoms with Crippen molar-refractivity contribution in [1.82, 2.24) is 10.2 Å². The van der Waals surface area contributed by atoms with Gasteiger partial charge < -0.3 is 15.5 Å². The molecule has 1 heterocycles. The molecule has 1 aromatic carbocycles. The van der Waals surface area contributed by atoms with Gasteiger partial charge in [-0.1, -0.05) is 37.3 Å². The lowest BCUT2D eigenvalue weighted by Gasteiger charge is -2.39. The SMILES string of the molecule is CCC(CO)(CO)NC1CCCN(Cc2ccccc2)C1. The maximum absolute atomic E-state index is 9.57. The molecule has 1 atom stereocenters. The number of rotatable bonds is 7. The monoisotopic (exact) mass is 292 g/mol. The molecule has 2 rings (SSSR count). The molecule has 1 aliphatic heterocycles. The number of likely N-dealkylation sites (tertiary alicyclic amines) is 1. The number of hydrogen-bond donors (Lipinski definition) is 3. The van der Waals surface area contributed by atoms with E-state index in [2.05, 4.69) is 34.5 Å². The maximum Gasteiger partial charge on any atom is 0.0648 e. The maximum atomic E-state index is 9.57. The van der Waals surface area contributed by atoms with E-state index >= 15 is 0 Å². The molecule has 1 saturated heterocycles. The summed E-state index contributed by atoms with van der Waals surface area (Å²) in [5.41, 5.74) is 0.796. The van der Waals surface area contributed by atoms with Crippen LogP contribution in [0.3, 0.4) is 0 Å². The van der Waals surface area contributed by atoms with Gasteiger partial charge in [-0.15, -0.1) is 0 Å². The summed E-state index contributed by atoms with van der Waals surface area (Å²) >= 11 is 0. The van der Waals surface area contributed by atoms with E-state index in [9.17, 15) is 10.2 Å². The normalized spacial score (nSPS) is 20.6. The lowest BCUT2D eigenvalue weighted by Crippen LogP contribution is -2.59. The molecule has 3 N–H and O–H groups in total. The first-order valence-electron chi connectivity index (χ1n) is 7.97. The summed E-state index contributed by atoms with van der Waals surface area (Å²) in [5, 5.41) is 22.6. The van der Waals surface area contributed by atoms with Gasteiger partial charge in [0.05, 0.1) is 18.8 Å². The predicted molar refractivity (Wildman–Crippen MR) is 85.1 cm³/mol. The molecule has 4 nitrogen and oxygen atoms in total. The minimum atomic E-state index is -0.541. The summed E-state index contributed by atoms with van der Waals surface area (Å²) < 4.78 is 0. The number of hydrogen-bond acceptors (Lipinski definition) is 4. The zero-order chi connectivity index (χ0) is 15.1. The van der Waals surface area contributed by atoms with Crippen LogP contribution in [0.5, 0.6) is 0 Å². The first kappa shape index (κ1) is 16.4. The summed E-state index contributed by atoms with van der Waals surface area (Å²) in [4.78, 5) is 2.45. The third-order valence-electron chi connectivity index (χ3n) is 4.55. The van der Waals surface area contributed by atoms with Crippen LogP contribution in [0.15, 0.2) is 30.3 Å². The molecule has 0 saturated carbocycles. The first-order valence-corrected chi connectivity index (χ1v) is 7.97. The lowest BCUT2D eigenvalue weighted by atomic mass is 9.94. The van der Waals surface area contributed by atoms with Crippen molar-refractivity contribution in [3.63, 3.8) is 0 Å². The average Bonchev–Trinajstić information content (AvgIpc) is 2.54. The van der Waals surface area contributed by atoms with E-state index in [1.54, 1.807) is 0 Å². The fraction of sp³-hybridized carbons (Fsp3) is 0.647. The highest BCUT2D eigenvalue weighted by atomic mass is 16.3. The van der Waals surface area contributed by atoms with Crippen molar-refractivity contribution in [2.45, 2.75) is 44.3 Å². The Hall–Kier alpha value is -0.940. The van der Waals surface area contributed by atoms with Gasteiger partial charge in [0.1, 0.15) is 0 Å². The van der Waals surface area contributed by atoms with Crippen LogP contribution in [-0.4, -0.2) is 53.0 Å². The molecule has 1 fully saturated rings. The minimum Gasteiger partial charge on any atom is -0.394 e. The van der Waals surface area contributed by atoms with Crippen molar-refractivity contribution in [3.05, 3.63) is 35.9 Å². The van der Waals surface area contributed by atoms with Crippen molar-refractivity contribution in [3.8, 4) is 0 Å². The molecular formula is C17H28N2O2. The molecule has 1 aromatic rings. The molecule has 0 spiro atoms. The Morgan fingerprint density at radius 2 is 1.95 bits per heavy atom. The van der Waals surface area contributed by atoms with Crippen molar-refractivity contribution < 1.29 is 10.2 Å². The summed E-state index contributed by atoms with van der Waals surface area (Å²) in [6.07, 6.45) is 2.99. The summed E-state index contributed by atoms with van der Waals surface area (Å²) in [6, 6.07) is 10.9. The van der Waals surface area contributed by atoms with Crippen LogP contribution >= 0.6 is 0 Å².